The lowest BCUT2D eigenvalue weighted by Crippen LogP contribution is -2.05. The fourth-order valence-electron chi connectivity index (χ4n) is 1.94. The Kier molecular flexibility index (Phi) is 4.82. The molecule has 0 aliphatic rings. The third-order valence-electron chi connectivity index (χ3n) is 2.85. The molecule has 0 radical (unpaired) electrons. The summed E-state index contributed by atoms with van der Waals surface area (Å²) in [5, 5.41) is 0.576. The van der Waals surface area contributed by atoms with Crippen LogP contribution in [0.2, 0.25) is 5.02 Å². The predicted molar refractivity (Wildman–Crippen MR) is 79.2 cm³/mol. The Morgan fingerprint density at radius 2 is 2.05 bits per heavy atom. The summed E-state index contributed by atoms with van der Waals surface area (Å²) < 4.78 is 11.1. The zero-order valence-electron chi connectivity index (χ0n) is 11.5. The summed E-state index contributed by atoms with van der Waals surface area (Å²) in [5.41, 5.74) is 8.63. The normalized spacial score (nSPS) is 10.4. The van der Waals surface area contributed by atoms with Gasteiger partial charge in [-0.2, -0.15) is 0 Å². The van der Waals surface area contributed by atoms with Crippen LogP contribution in [0.5, 0.6) is 11.5 Å². The molecule has 0 amide bonds. The molecule has 4 nitrogen and oxygen atoms in total. The van der Waals surface area contributed by atoms with Gasteiger partial charge in [0.25, 0.3) is 0 Å². The van der Waals surface area contributed by atoms with Gasteiger partial charge in [0.1, 0.15) is 6.61 Å². The van der Waals surface area contributed by atoms with Crippen molar-refractivity contribution < 1.29 is 9.47 Å². The van der Waals surface area contributed by atoms with Gasteiger partial charge in [0.05, 0.1) is 7.11 Å². The van der Waals surface area contributed by atoms with Crippen LogP contribution in [0.25, 0.3) is 0 Å². The number of hydrogen-bond acceptors (Lipinski definition) is 4. The highest BCUT2D eigenvalue weighted by Crippen LogP contribution is 2.35. The number of halogens is 1. The van der Waals surface area contributed by atoms with Gasteiger partial charge < -0.3 is 15.2 Å². The van der Waals surface area contributed by atoms with E-state index in [1.807, 2.05) is 13.0 Å². The van der Waals surface area contributed by atoms with Crippen LogP contribution < -0.4 is 15.2 Å². The zero-order chi connectivity index (χ0) is 14.5. The van der Waals surface area contributed by atoms with E-state index in [1.54, 1.807) is 31.6 Å². The molecule has 0 saturated heterocycles. The van der Waals surface area contributed by atoms with Crippen molar-refractivity contribution in [1.82, 2.24) is 4.98 Å². The minimum Gasteiger partial charge on any atom is -0.493 e. The van der Waals surface area contributed by atoms with Crippen LogP contribution in [-0.2, 0) is 13.2 Å². The highest BCUT2D eigenvalue weighted by Gasteiger charge is 2.12. The molecule has 2 rings (SSSR count). The number of ether oxygens (including phenoxy) is 2. The van der Waals surface area contributed by atoms with E-state index in [0.717, 1.165) is 16.7 Å². The molecule has 0 unspecified atom stereocenters. The summed E-state index contributed by atoms with van der Waals surface area (Å²) in [7, 11) is 1.58. The average molecular weight is 293 g/mol. The maximum Gasteiger partial charge on any atom is 0.166 e. The van der Waals surface area contributed by atoms with Gasteiger partial charge in [-0.3, -0.25) is 4.98 Å². The minimum atomic E-state index is 0.332. The molecule has 1 aromatic carbocycles. The number of aryl methyl sites for hydroxylation is 1. The minimum absolute atomic E-state index is 0.332. The topological polar surface area (TPSA) is 57.4 Å². The molecule has 0 fully saturated rings. The predicted octanol–water partition coefficient (Wildman–Crippen LogP) is 3.09. The van der Waals surface area contributed by atoms with Gasteiger partial charge >= 0.3 is 0 Å². The van der Waals surface area contributed by atoms with Crippen LogP contribution in [0, 0.1) is 6.92 Å². The number of nitrogens with zero attached hydrogens (tertiary/aromatic N) is 1. The van der Waals surface area contributed by atoms with Crippen LogP contribution in [0.15, 0.2) is 30.6 Å². The van der Waals surface area contributed by atoms with Gasteiger partial charge in [-0.25, -0.2) is 0 Å². The Bertz CT molecular complexity index is 577. The average Bonchev–Trinajstić information content (AvgIpc) is 2.45. The monoisotopic (exact) mass is 292 g/mol. The van der Waals surface area contributed by atoms with Crippen LogP contribution >= 0.6 is 11.6 Å². The second kappa shape index (κ2) is 6.59. The van der Waals surface area contributed by atoms with Gasteiger partial charge in [0.2, 0.25) is 0 Å². The van der Waals surface area contributed by atoms with Crippen LogP contribution in [0.3, 0.4) is 0 Å². The second-order valence-corrected chi connectivity index (χ2v) is 4.90. The summed E-state index contributed by atoms with van der Waals surface area (Å²) in [4.78, 5) is 4.14. The van der Waals surface area contributed by atoms with Gasteiger partial charge in [0, 0.05) is 41.2 Å². The van der Waals surface area contributed by atoms with Crippen molar-refractivity contribution in [1.29, 1.82) is 0 Å². The van der Waals surface area contributed by atoms with Gasteiger partial charge in [-0.05, 0) is 24.6 Å². The molecule has 2 aromatic rings. The summed E-state index contributed by atoms with van der Waals surface area (Å²) in [5.74, 6) is 1.21. The number of methoxy groups -OCH3 is 1. The van der Waals surface area contributed by atoms with E-state index in [1.165, 1.54) is 0 Å². The van der Waals surface area contributed by atoms with Crippen molar-refractivity contribution in [2.75, 3.05) is 7.11 Å². The number of benzene rings is 1. The molecule has 0 aliphatic heterocycles. The van der Waals surface area contributed by atoms with E-state index in [-0.39, 0.29) is 0 Å². The standard InChI is InChI=1S/C15H17ClN2O2/c1-10-3-11(8-18-7-10)9-20-15-12(6-17)4-13(16)5-14(15)19-2/h3-5,7-8H,6,9,17H2,1-2H3. The number of rotatable bonds is 5. The van der Waals surface area contributed by atoms with Crippen molar-refractivity contribution in [3.05, 3.63) is 52.3 Å². The lowest BCUT2D eigenvalue weighted by molar-refractivity contribution is 0.281. The highest BCUT2D eigenvalue weighted by atomic mass is 35.5. The third kappa shape index (κ3) is 3.40. The van der Waals surface area contributed by atoms with Gasteiger partial charge in [-0.1, -0.05) is 11.6 Å². The molecule has 0 saturated carbocycles. The van der Waals surface area contributed by atoms with E-state index in [9.17, 15) is 0 Å². The smallest absolute Gasteiger partial charge is 0.166 e. The molecule has 20 heavy (non-hydrogen) atoms. The summed E-state index contributed by atoms with van der Waals surface area (Å²) >= 11 is 6.02. The Morgan fingerprint density at radius 3 is 2.70 bits per heavy atom. The molecule has 1 aromatic heterocycles. The Hall–Kier alpha value is -1.78. The molecule has 1 heterocycles. The molecule has 0 spiro atoms. The number of nitrogens with two attached hydrogens (primary N) is 1. The largest absolute Gasteiger partial charge is 0.493 e. The first kappa shape index (κ1) is 14.6. The van der Waals surface area contributed by atoms with E-state index in [0.29, 0.717) is 29.7 Å². The van der Waals surface area contributed by atoms with E-state index in [4.69, 9.17) is 26.8 Å². The van der Waals surface area contributed by atoms with Crippen molar-refractivity contribution in [2.24, 2.45) is 5.73 Å². The fraction of sp³-hybridized carbons (Fsp3) is 0.267. The van der Waals surface area contributed by atoms with E-state index < -0.39 is 0 Å². The number of aromatic nitrogens is 1. The molecular weight excluding hydrogens is 276 g/mol. The third-order valence-corrected chi connectivity index (χ3v) is 3.07. The summed E-state index contributed by atoms with van der Waals surface area (Å²) in [6.45, 7) is 2.72. The maximum absolute atomic E-state index is 6.02. The lowest BCUT2D eigenvalue weighted by atomic mass is 10.2. The molecule has 0 aliphatic carbocycles. The second-order valence-electron chi connectivity index (χ2n) is 4.46. The molecular formula is C15H17ClN2O2. The van der Waals surface area contributed by atoms with E-state index >= 15 is 0 Å². The quantitative estimate of drug-likeness (QED) is 0.920. The van der Waals surface area contributed by atoms with Gasteiger partial charge in [-0.15, -0.1) is 0 Å². The van der Waals surface area contributed by atoms with Crippen molar-refractivity contribution in [3.8, 4) is 11.5 Å². The zero-order valence-corrected chi connectivity index (χ0v) is 12.3. The fourth-order valence-corrected chi connectivity index (χ4v) is 2.17. The van der Waals surface area contributed by atoms with Crippen LogP contribution in [0.1, 0.15) is 16.7 Å². The number of hydrogen-bond donors (Lipinski definition) is 1. The highest BCUT2D eigenvalue weighted by molar-refractivity contribution is 6.30. The van der Waals surface area contributed by atoms with Crippen LogP contribution in [0.4, 0.5) is 0 Å². The van der Waals surface area contributed by atoms with Crippen LogP contribution in [-0.4, -0.2) is 12.1 Å². The Balaban J connectivity index is 2.24. The van der Waals surface area contributed by atoms with Crippen molar-refractivity contribution in [2.45, 2.75) is 20.1 Å². The summed E-state index contributed by atoms with van der Waals surface area (Å²) in [6, 6.07) is 5.52. The first-order valence-corrected chi connectivity index (χ1v) is 6.61. The molecule has 0 bridgehead atoms. The molecule has 0 atom stereocenters. The maximum atomic E-state index is 6.02. The molecule has 2 N–H and O–H groups in total. The van der Waals surface area contributed by atoms with Crippen molar-refractivity contribution in [3.63, 3.8) is 0 Å². The van der Waals surface area contributed by atoms with Crippen molar-refractivity contribution >= 4 is 11.6 Å². The lowest BCUT2D eigenvalue weighted by Gasteiger charge is -2.15. The molecule has 106 valence electrons. The summed E-state index contributed by atoms with van der Waals surface area (Å²) in [6.07, 6.45) is 3.58. The Labute approximate surface area is 123 Å². The first-order chi connectivity index (χ1) is 9.63. The number of pyridine rings is 1. The first-order valence-electron chi connectivity index (χ1n) is 6.24. The Morgan fingerprint density at radius 1 is 1.25 bits per heavy atom. The van der Waals surface area contributed by atoms with E-state index in [2.05, 4.69) is 4.98 Å². The van der Waals surface area contributed by atoms with Gasteiger partial charge in [0.15, 0.2) is 11.5 Å². The molecule has 5 heteroatoms. The SMILES string of the molecule is COc1cc(Cl)cc(CN)c1OCc1cncc(C)c1.